The molecule has 112 valence electrons. The van der Waals surface area contributed by atoms with Crippen molar-refractivity contribution in [2.45, 2.75) is 4.90 Å². The van der Waals surface area contributed by atoms with E-state index in [9.17, 15) is 8.42 Å². The maximum atomic E-state index is 12.7. The molecule has 2 N–H and O–H groups in total. The van der Waals surface area contributed by atoms with Gasteiger partial charge in [0.2, 0.25) is 0 Å². The Morgan fingerprint density at radius 2 is 1.86 bits per heavy atom. The molecule has 0 spiro atoms. The standard InChI is InChI=1S/C14H15ClN2O3S/c1-17(12-5-3-4-6-13(12)20-2)21(18,19)14-9-10(16)7-8-11(14)15/h3-9H,16H2,1-2H3. The van der Waals surface area contributed by atoms with Gasteiger partial charge in [-0.15, -0.1) is 0 Å². The van der Waals surface area contributed by atoms with Gasteiger partial charge < -0.3 is 10.5 Å². The SMILES string of the molecule is COc1ccccc1N(C)S(=O)(=O)c1cc(N)ccc1Cl. The highest BCUT2D eigenvalue weighted by molar-refractivity contribution is 7.93. The summed E-state index contributed by atoms with van der Waals surface area (Å²) < 4.78 is 31.7. The number of ether oxygens (including phenoxy) is 1. The molecule has 0 bridgehead atoms. The summed E-state index contributed by atoms with van der Waals surface area (Å²) in [5.74, 6) is 0.448. The number of nitrogens with two attached hydrogens (primary N) is 1. The van der Waals surface area contributed by atoms with E-state index in [0.717, 1.165) is 4.31 Å². The molecular weight excluding hydrogens is 312 g/mol. The number of methoxy groups -OCH3 is 1. The third kappa shape index (κ3) is 2.91. The van der Waals surface area contributed by atoms with Gasteiger partial charge in [-0.25, -0.2) is 8.42 Å². The smallest absolute Gasteiger partial charge is 0.265 e. The van der Waals surface area contributed by atoms with Crippen molar-refractivity contribution in [1.82, 2.24) is 0 Å². The molecule has 0 aliphatic heterocycles. The Morgan fingerprint density at radius 1 is 1.19 bits per heavy atom. The second kappa shape index (κ2) is 5.83. The van der Waals surface area contributed by atoms with Crippen molar-refractivity contribution >= 4 is 33.0 Å². The van der Waals surface area contributed by atoms with Crippen molar-refractivity contribution in [3.63, 3.8) is 0 Å². The molecule has 0 saturated carbocycles. The molecule has 0 aliphatic rings. The third-order valence-electron chi connectivity index (χ3n) is 3.02. The van der Waals surface area contributed by atoms with Gasteiger partial charge >= 0.3 is 0 Å². The van der Waals surface area contributed by atoms with Gasteiger partial charge in [-0.3, -0.25) is 4.31 Å². The first-order chi connectivity index (χ1) is 9.87. The molecule has 2 rings (SSSR count). The molecule has 21 heavy (non-hydrogen) atoms. The van der Waals surface area contributed by atoms with E-state index in [1.54, 1.807) is 30.3 Å². The fourth-order valence-electron chi connectivity index (χ4n) is 1.88. The summed E-state index contributed by atoms with van der Waals surface area (Å²) in [5, 5.41) is 0.117. The molecule has 0 fully saturated rings. The molecule has 7 heteroatoms. The van der Waals surface area contributed by atoms with Crippen LogP contribution in [-0.2, 0) is 10.0 Å². The number of benzene rings is 2. The highest BCUT2D eigenvalue weighted by Gasteiger charge is 2.26. The Kier molecular flexibility index (Phi) is 4.29. The lowest BCUT2D eigenvalue weighted by Gasteiger charge is -2.22. The zero-order chi connectivity index (χ0) is 15.6. The van der Waals surface area contributed by atoms with Crippen LogP contribution in [-0.4, -0.2) is 22.6 Å². The van der Waals surface area contributed by atoms with E-state index in [1.165, 1.54) is 26.3 Å². The highest BCUT2D eigenvalue weighted by Crippen LogP contribution is 2.33. The van der Waals surface area contributed by atoms with Crippen LogP contribution < -0.4 is 14.8 Å². The Bertz CT molecular complexity index is 763. The van der Waals surface area contributed by atoms with Gasteiger partial charge in [-0.2, -0.15) is 0 Å². The van der Waals surface area contributed by atoms with Crippen molar-refractivity contribution in [2.75, 3.05) is 24.2 Å². The first-order valence-corrected chi connectivity index (χ1v) is 7.86. The zero-order valence-electron chi connectivity index (χ0n) is 11.6. The van der Waals surface area contributed by atoms with Crippen LogP contribution in [0.5, 0.6) is 5.75 Å². The summed E-state index contributed by atoms with van der Waals surface area (Å²) in [4.78, 5) is -0.0439. The van der Waals surface area contributed by atoms with E-state index in [1.807, 2.05) is 0 Å². The molecular formula is C14H15ClN2O3S. The summed E-state index contributed by atoms with van der Waals surface area (Å²) >= 11 is 5.99. The van der Waals surface area contributed by atoms with Crippen LogP contribution in [0.2, 0.25) is 5.02 Å². The predicted octanol–water partition coefficient (Wildman–Crippen LogP) is 2.76. The van der Waals surface area contributed by atoms with E-state index in [4.69, 9.17) is 22.1 Å². The summed E-state index contributed by atoms with van der Waals surface area (Å²) in [6, 6.07) is 11.2. The third-order valence-corrected chi connectivity index (χ3v) is 5.27. The quantitative estimate of drug-likeness (QED) is 0.877. The molecule has 0 heterocycles. The minimum Gasteiger partial charge on any atom is -0.495 e. The molecule has 0 aromatic heterocycles. The predicted molar refractivity (Wildman–Crippen MR) is 84.4 cm³/mol. The van der Waals surface area contributed by atoms with Gasteiger partial charge in [0.05, 0.1) is 17.8 Å². The number of nitrogen functional groups attached to an aromatic ring is 1. The summed E-state index contributed by atoms with van der Waals surface area (Å²) in [5.41, 5.74) is 6.39. The van der Waals surface area contributed by atoms with Gasteiger partial charge in [0.15, 0.2) is 0 Å². The fraction of sp³-hybridized carbons (Fsp3) is 0.143. The fourth-order valence-corrected chi connectivity index (χ4v) is 3.60. The maximum absolute atomic E-state index is 12.7. The van der Waals surface area contributed by atoms with Crippen LogP contribution >= 0.6 is 11.6 Å². The van der Waals surface area contributed by atoms with E-state index < -0.39 is 10.0 Å². The topological polar surface area (TPSA) is 72.6 Å². The highest BCUT2D eigenvalue weighted by atomic mass is 35.5. The summed E-state index contributed by atoms with van der Waals surface area (Å²) in [6.07, 6.45) is 0. The zero-order valence-corrected chi connectivity index (χ0v) is 13.1. The van der Waals surface area contributed by atoms with Crippen molar-refractivity contribution in [1.29, 1.82) is 0 Å². The normalized spacial score (nSPS) is 11.2. The van der Waals surface area contributed by atoms with Gasteiger partial charge in [0, 0.05) is 12.7 Å². The number of anilines is 2. The van der Waals surface area contributed by atoms with E-state index >= 15 is 0 Å². The van der Waals surface area contributed by atoms with Crippen molar-refractivity contribution < 1.29 is 13.2 Å². The Hall–Kier alpha value is -1.92. The second-order valence-electron chi connectivity index (χ2n) is 4.33. The molecule has 0 atom stereocenters. The number of hydrogen-bond acceptors (Lipinski definition) is 4. The largest absolute Gasteiger partial charge is 0.495 e. The minimum atomic E-state index is -3.84. The molecule has 2 aromatic rings. The summed E-state index contributed by atoms with van der Waals surface area (Å²) in [7, 11) is -0.920. The van der Waals surface area contributed by atoms with E-state index in [-0.39, 0.29) is 9.92 Å². The molecule has 5 nitrogen and oxygen atoms in total. The van der Waals surface area contributed by atoms with E-state index in [0.29, 0.717) is 17.1 Å². The first-order valence-electron chi connectivity index (χ1n) is 6.05. The van der Waals surface area contributed by atoms with Gasteiger partial charge in [-0.05, 0) is 30.3 Å². The lowest BCUT2D eigenvalue weighted by Crippen LogP contribution is -2.27. The number of sulfonamides is 1. The Balaban J connectivity index is 2.55. The van der Waals surface area contributed by atoms with Crippen LogP contribution in [0.25, 0.3) is 0 Å². The van der Waals surface area contributed by atoms with E-state index in [2.05, 4.69) is 0 Å². The van der Waals surface area contributed by atoms with Gasteiger partial charge in [0.1, 0.15) is 10.6 Å². The number of rotatable bonds is 4. The number of hydrogen-bond donors (Lipinski definition) is 1. The monoisotopic (exact) mass is 326 g/mol. The molecule has 0 radical (unpaired) electrons. The number of nitrogens with zero attached hydrogens (tertiary/aromatic N) is 1. The summed E-state index contributed by atoms with van der Waals surface area (Å²) in [6.45, 7) is 0. The second-order valence-corrected chi connectivity index (χ2v) is 6.68. The molecule has 0 unspecified atom stereocenters. The molecule has 0 aliphatic carbocycles. The molecule has 2 aromatic carbocycles. The Morgan fingerprint density at radius 3 is 2.52 bits per heavy atom. The van der Waals surface area contributed by atoms with Crippen LogP contribution in [0.4, 0.5) is 11.4 Å². The number of para-hydroxylation sites is 2. The van der Waals surface area contributed by atoms with Crippen LogP contribution in [0, 0.1) is 0 Å². The van der Waals surface area contributed by atoms with Gasteiger partial charge in [0.25, 0.3) is 10.0 Å². The molecule has 0 amide bonds. The van der Waals surface area contributed by atoms with Gasteiger partial charge in [-0.1, -0.05) is 23.7 Å². The minimum absolute atomic E-state index is 0.0439. The average molecular weight is 327 g/mol. The maximum Gasteiger partial charge on any atom is 0.265 e. The lowest BCUT2D eigenvalue weighted by atomic mass is 10.3. The van der Waals surface area contributed by atoms with Crippen LogP contribution in [0.15, 0.2) is 47.4 Å². The lowest BCUT2D eigenvalue weighted by molar-refractivity contribution is 0.416. The van der Waals surface area contributed by atoms with Crippen LogP contribution in [0.1, 0.15) is 0 Å². The average Bonchev–Trinajstić information content (AvgIpc) is 2.48. The first kappa shape index (κ1) is 15.5. The van der Waals surface area contributed by atoms with Crippen LogP contribution in [0.3, 0.4) is 0 Å². The van der Waals surface area contributed by atoms with Crippen molar-refractivity contribution in [3.8, 4) is 5.75 Å². The molecule has 0 saturated heterocycles. The van der Waals surface area contributed by atoms with Crippen molar-refractivity contribution in [3.05, 3.63) is 47.5 Å². The van der Waals surface area contributed by atoms with Crippen molar-refractivity contribution in [2.24, 2.45) is 0 Å². The number of halogens is 1. The Labute approximate surface area is 128 Å².